The largest absolute Gasteiger partial charge is 0.390 e. The number of aryl methyl sites for hydroxylation is 1. The van der Waals surface area contributed by atoms with Crippen molar-refractivity contribution in [1.29, 1.82) is 0 Å². The molecule has 3 heterocycles. The summed E-state index contributed by atoms with van der Waals surface area (Å²) in [6.45, 7) is 5.20. The van der Waals surface area contributed by atoms with E-state index in [0.717, 1.165) is 44.7 Å². The normalized spacial score (nSPS) is 26.4. The SMILES string of the molecule is CCn1ccnc1[C@H]1OCC[C@@H]1NC1CCN(CCC(F)(F)F)CC1. The molecule has 0 saturated carbocycles. The Morgan fingerprint density at radius 3 is 2.72 bits per heavy atom. The molecule has 3 rings (SSSR count). The van der Waals surface area contributed by atoms with E-state index in [9.17, 15) is 13.2 Å². The van der Waals surface area contributed by atoms with Gasteiger partial charge in [0.1, 0.15) is 11.9 Å². The lowest BCUT2D eigenvalue weighted by Gasteiger charge is -2.34. The smallest absolute Gasteiger partial charge is 0.369 e. The Labute approximate surface area is 146 Å². The van der Waals surface area contributed by atoms with Crippen molar-refractivity contribution in [2.75, 3.05) is 26.2 Å². The standard InChI is InChI=1S/C17H27F3N4O/c1-2-24-11-7-21-16(24)15-14(5-12-25-15)22-13-3-8-23(9-4-13)10-6-17(18,19)20/h7,11,13-15,22H,2-6,8-10,12H2,1H3/t14-,15-/m0/s1. The maximum Gasteiger partial charge on any atom is 0.390 e. The van der Waals surface area contributed by atoms with Gasteiger partial charge >= 0.3 is 6.18 Å². The lowest BCUT2D eigenvalue weighted by molar-refractivity contribution is -0.138. The fraction of sp³-hybridized carbons (Fsp3) is 0.824. The highest BCUT2D eigenvalue weighted by Gasteiger charge is 2.35. The Kier molecular flexibility index (Phi) is 6.01. The van der Waals surface area contributed by atoms with Gasteiger partial charge in [-0.15, -0.1) is 0 Å². The predicted octanol–water partition coefficient (Wildman–Crippen LogP) is 2.74. The first-order chi connectivity index (χ1) is 12.0. The number of likely N-dealkylation sites (tertiary alicyclic amines) is 1. The number of aromatic nitrogens is 2. The molecule has 0 unspecified atom stereocenters. The molecule has 2 aliphatic rings. The molecule has 2 aliphatic heterocycles. The van der Waals surface area contributed by atoms with E-state index in [2.05, 4.69) is 21.8 Å². The van der Waals surface area contributed by atoms with Crippen LogP contribution < -0.4 is 5.32 Å². The molecule has 0 aliphatic carbocycles. The van der Waals surface area contributed by atoms with Crippen molar-refractivity contribution in [2.45, 2.75) is 63.5 Å². The van der Waals surface area contributed by atoms with E-state index in [0.29, 0.717) is 12.6 Å². The molecule has 0 spiro atoms. The quantitative estimate of drug-likeness (QED) is 0.847. The zero-order valence-electron chi connectivity index (χ0n) is 14.6. The van der Waals surface area contributed by atoms with Gasteiger partial charge in [0.05, 0.1) is 6.42 Å². The molecular weight excluding hydrogens is 333 g/mol. The van der Waals surface area contributed by atoms with E-state index < -0.39 is 12.6 Å². The maximum atomic E-state index is 12.3. The van der Waals surface area contributed by atoms with Crippen molar-refractivity contribution in [3.8, 4) is 0 Å². The van der Waals surface area contributed by atoms with Crippen LogP contribution in [0.4, 0.5) is 13.2 Å². The molecule has 5 nitrogen and oxygen atoms in total. The fourth-order valence-corrected chi connectivity index (χ4v) is 3.77. The van der Waals surface area contributed by atoms with Gasteiger partial charge in [-0.2, -0.15) is 13.2 Å². The van der Waals surface area contributed by atoms with Gasteiger partial charge in [-0.25, -0.2) is 4.98 Å². The minimum absolute atomic E-state index is 0.0433. The van der Waals surface area contributed by atoms with Crippen LogP contribution >= 0.6 is 0 Å². The van der Waals surface area contributed by atoms with Gasteiger partial charge in [-0.05, 0) is 39.3 Å². The highest BCUT2D eigenvalue weighted by Crippen LogP contribution is 2.29. The van der Waals surface area contributed by atoms with Crippen molar-refractivity contribution < 1.29 is 17.9 Å². The topological polar surface area (TPSA) is 42.3 Å². The van der Waals surface area contributed by atoms with Gasteiger partial charge in [0.15, 0.2) is 0 Å². The molecule has 2 fully saturated rings. The van der Waals surface area contributed by atoms with Crippen molar-refractivity contribution in [3.05, 3.63) is 18.2 Å². The number of alkyl halides is 3. The van der Waals surface area contributed by atoms with Crippen LogP contribution in [-0.4, -0.2) is 59.0 Å². The third-order valence-corrected chi connectivity index (χ3v) is 5.18. The minimum Gasteiger partial charge on any atom is -0.369 e. The summed E-state index contributed by atoms with van der Waals surface area (Å²) in [6, 6.07) is 0.556. The van der Waals surface area contributed by atoms with Gasteiger partial charge < -0.3 is 19.5 Å². The van der Waals surface area contributed by atoms with E-state index in [1.165, 1.54) is 0 Å². The van der Waals surface area contributed by atoms with Crippen LogP contribution in [0.1, 0.15) is 44.5 Å². The molecule has 142 valence electrons. The Hall–Kier alpha value is -1.12. The Balaban J connectivity index is 1.48. The summed E-state index contributed by atoms with van der Waals surface area (Å²) in [5.74, 6) is 0.958. The zero-order chi connectivity index (χ0) is 17.9. The third-order valence-electron chi connectivity index (χ3n) is 5.18. The van der Waals surface area contributed by atoms with E-state index in [1.807, 2.05) is 11.1 Å². The van der Waals surface area contributed by atoms with E-state index in [-0.39, 0.29) is 18.7 Å². The Morgan fingerprint density at radius 2 is 2.04 bits per heavy atom. The summed E-state index contributed by atoms with van der Waals surface area (Å²) in [4.78, 5) is 6.37. The summed E-state index contributed by atoms with van der Waals surface area (Å²) >= 11 is 0. The van der Waals surface area contributed by atoms with Gasteiger partial charge in [0.2, 0.25) is 0 Å². The first kappa shape index (κ1) is 18.7. The molecule has 2 saturated heterocycles. The van der Waals surface area contributed by atoms with Gasteiger partial charge in [-0.1, -0.05) is 0 Å². The van der Waals surface area contributed by atoms with Crippen LogP contribution in [0.2, 0.25) is 0 Å². The third kappa shape index (κ3) is 4.95. The molecule has 1 aromatic rings. The molecule has 8 heteroatoms. The second-order valence-electron chi connectivity index (χ2n) is 6.91. The van der Waals surface area contributed by atoms with Crippen molar-refractivity contribution in [1.82, 2.24) is 19.8 Å². The highest BCUT2D eigenvalue weighted by molar-refractivity contribution is 5.04. The van der Waals surface area contributed by atoms with Gasteiger partial charge in [0.25, 0.3) is 0 Å². The first-order valence-electron chi connectivity index (χ1n) is 9.14. The zero-order valence-corrected chi connectivity index (χ0v) is 14.6. The van der Waals surface area contributed by atoms with Gasteiger partial charge in [-0.3, -0.25) is 0 Å². The average molecular weight is 360 g/mol. The summed E-state index contributed by atoms with van der Waals surface area (Å²) in [6.07, 6.45) is 1.64. The molecule has 0 radical (unpaired) electrons. The first-order valence-corrected chi connectivity index (χ1v) is 9.14. The minimum atomic E-state index is -4.06. The number of nitrogens with one attached hydrogen (secondary N) is 1. The molecule has 2 atom stereocenters. The number of halogens is 3. The van der Waals surface area contributed by atoms with Crippen LogP contribution in [0.3, 0.4) is 0 Å². The van der Waals surface area contributed by atoms with Crippen molar-refractivity contribution in [2.24, 2.45) is 0 Å². The number of hydrogen-bond acceptors (Lipinski definition) is 4. The van der Waals surface area contributed by atoms with Crippen LogP contribution in [0.5, 0.6) is 0 Å². The molecule has 0 amide bonds. The van der Waals surface area contributed by atoms with Crippen molar-refractivity contribution >= 4 is 0 Å². The monoisotopic (exact) mass is 360 g/mol. The number of nitrogens with zero attached hydrogens (tertiary/aromatic N) is 3. The molecule has 0 aromatic carbocycles. The highest BCUT2D eigenvalue weighted by atomic mass is 19.4. The maximum absolute atomic E-state index is 12.3. The summed E-state index contributed by atoms with van der Waals surface area (Å²) < 4.78 is 45.0. The molecule has 25 heavy (non-hydrogen) atoms. The Bertz CT molecular complexity index is 540. The molecule has 1 aromatic heterocycles. The summed E-state index contributed by atoms with van der Waals surface area (Å²) in [5.41, 5.74) is 0. The number of ether oxygens (including phenoxy) is 1. The fourth-order valence-electron chi connectivity index (χ4n) is 3.77. The van der Waals surface area contributed by atoms with Crippen LogP contribution in [0.15, 0.2) is 12.4 Å². The predicted molar refractivity (Wildman–Crippen MR) is 88.3 cm³/mol. The van der Waals surface area contributed by atoms with E-state index in [1.54, 1.807) is 6.20 Å². The Morgan fingerprint density at radius 1 is 1.28 bits per heavy atom. The second-order valence-corrected chi connectivity index (χ2v) is 6.91. The number of imidazole rings is 1. The van der Waals surface area contributed by atoms with Crippen LogP contribution in [0.25, 0.3) is 0 Å². The van der Waals surface area contributed by atoms with E-state index >= 15 is 0 Å². The number of piperidine rings is 1. The van der Waals surface area contributed by atoms with E-state index in [4.69, 9.17) is 4.74 Å². The second kappa shape index (κ2) is 8.05. The van der Waals surface area contributed by atoms with Crippen LogP contribution in [0, 0.1) is 0 Å². The van der Waals surface area contributed by atoms with Crippen LogP contribution in [-0.2, 0) is 11.3 Å². The molecule has 0 bridgehead atoms. The number of rotatable bonds is 6. The lowest BCUT2D eigenvalue weighted by atomic mass is 10.0. The van der Waals surface area contributed by atoms with Gasteiger partial charge in [0, 0.05) is 44.2 Å². The summed E-state index contributed by atoms with van der Waals surface area (Å²) in [7, 11) is 0. The lowest BCUT2D eigenvalue weighted by Crippen LogP contribution is -2.47. The van der Waals surface area contributed by atoms with Crippen molar-refractivity contribution in [3.63, 3.8) is 0 Å². The summed E-state index contributed by atoms with van der Waals surface area (Å²) in [5, 5.41) is 3.67. The molecule has 1 N–H and O–H groups in total. The number of hydrogen-bond donors (Lipinski definition) is 1. The average Bonchev–Trinajstić information content (AvgIpc) is 3.21. The molecular formula is C17H27F3N4O.